The number of anilines is 1. The zero-order valence-corrected chi connectivity index (χ0v) is 15.5. The molecule has 0 radical (unpaired) electrons. The van der Waals surface area contributed by atoms with Gasteiger partial charge in [-0.3, -0.25) is 4.79 Å². The summed E-state index contributed by atoms with van der Waals surface area (Å²) in [5.74, 6) is 1.13. The number of hydrogen-bond donors (Lipinski definition) is 2. The highest BCUT2D eigenvalue weighted by atomic mass is 32.1. The van der Waals surface area contributed by atoms with Gasteiger partial charge in [0.15, 0.2) is 5.78 Å². The Hall–Kier alpha value is -2.48. The first-order chi connectivity index (χ1) is 12.4. The number of rotatable bonds is 4. The Morgan fingerprint density at radius 1 is 1.35 bits per heavy atom. The molecule has 2 aromatic rings. The third-order valence-electron chi connectivity index (χ3n) is 4.32. The molecule has 1 aliphatic carbocycles. The summed E-state index contributed by atoms with van der Waals surface area (Å²) < 4.78 is 5.82. The van der Waals surface area contributed by atoms with Gasteiger partial charge < -0.3 is 15.4 Å². The standard InChI is InChI=1S/C18H20N4O3S/c1-18(2)8-13(23)12-7-11(5-6-14(12)25-18)20-17(24)19-9-15-21-22-16(26-15)10-3-4-10/h5-7,10H,3-4,8-9H2,1-2H3,(H2,19,20,24). The molecular formula is C18H20N4O3S. The van der Waals surface area contributed by atoms with E-state index >= 15 is 0 Å². The lowest BCUT2D eigenvalue weighted by molar-refractivity contribution is 0.0620. The van der Waals surface area contributed by atoms with Crippen molar-refractivity contribution in [2.45, 2.75) is 51.2 Å². The molecule has 136 valence electrons. The average Bonchev–Trinajstić information content (AvgIpc) is 3.31. The van der Waals surface area contributed by atoms with E-state index in [1.807, 2.05) is 13.8 Å². The molecule has 0 bridgehead atoms. The number of aromatic nitrogens is 2. The Kier molecular flexibility index (Phi) is 4.14. The van der Waals surface area contributed by atoms with Crippen molar-refractivity contribution in [2.24, 2.45) is 0 Å². The van der Waals surface area contributed by atoms with Gasteiger partial charge in [0, 0.05) is 11.6 Å². The number of carbonyl (C=O) groups is 2. The highest BCUT2D eigenvalue weighted by Crippen LogP contribution is 2.41. The Labute approximate surface area is 155 Å². The van der Waals surface area contributed by atoms with E-state index in [2.05, 4.69) is 20.8 Å². The van der Waals surface area contributed by atoms with Crippen LogP contribution in [0.15, 0.2) is 18.2 Å². The van der Waals surface area contributed by atoms with Crippen LogP contribution in [0.2, 0.25) is 0 Å². The lowest BCUT2D eigenvalue weighted by Crippen LogP contribution is -2.36. The van der Waals surface area contributed by atoms with Gasteiger partial charge >= 0.3 is 6.03 Å². The SMILES string of the molecule is CC1(C)CC(=O)c2cc(NC(=O)NCc3nnc(C4CC4)s3)ccc2O1. The number of urea groups is 1. The van der Waals surface area contributed by atoms with Crippen LogP contribution < -0.4 is 15.4 Å². The molecule has 0 unspecified atom stereocenters. The molecule has 1 fully saturated rings. The second kappa shape index (κ2) is 6.35. The highest BCUT2D eigenvalue weighted by Gasteiger charge is 2.32. The van der Waals surface area contributed by atoms with E-state index in [1.54, 1.807) is 29.5 Å². The van der Waals surface area contributed by atoms with E-state index in [0.717, 1.165) is 10.0 Å². The maximum atomic E-state index is 12.3. The quantitative estimate of drug-likeness (QED) is 0.857. The van der Waals surface area contributed by atoms with E-state index in [-0.39, 0.29) is 11.8 Å². The molecule has 26 heavy (non-hydrogen) atoms. The van der Waals surface area contributed by atoms with Crippen molar-refractivity contribution >= 4 is 28.8 Å². The predicted molar refractivity (Wildman–Crippen MR) is 97.8 cm³/mol. The molecule has 1 aromatic heterocycles. The second-order valence-electron chi connectivity index (χ2n) is 7.29. The second-order valence-corrected chi connectivity index (χ2v) is 8.38. The molecule has 2 amide bonds. The minimum absolute atomic E-state index is 0.0155. The lowest BCUT2D eigenvalue weighted by atomic mass is 9.93. The van der Waals surface area contributed by atoms with Crippen molar-refractivity contribution in [1.82, 2.24) is 15.5 Å². The zero-order valence-electron chi connectivity index (χ0n) is 14.7. The summed E-state index contributed by atoms with van der Waals surface area (Å²) in [5, 5.41) is 15.6. The minimum Gasteiger partial charge on any atom is -0.487 e. The van der Waals surface area contributed by atoms with Crippen molar-refractivity contribution in [3.05, 3.63) is 33.8 Å². The Morgan fingerprint density at radius 3 is 2.92 bits per heavy atom. The summed E-state index contributed by atoms with van der Waals surface area (Å²) in [5.41, 5.74) is 0.548. The summed E-state index contributed by atoms with van der Waals surface area (Å²) in [6.07, 6.45) is 2.68. The topological polar surface area (TPSA) is 93.2 Å². The van der Waals surface area contributed by atoms with E-state index in [9.17, 15) is 9.59 Å². The number of carbonyl (C=O) groups excluding carboxylic acids is 2. The number of nitrogens with zero attached hydrogens (tertiary/aromatic N) is 2. The smallest absolute Gasteiger partial charge is 0.319 e. The van der Waals surface area contributed by atoms with Gasteiger partial charge in [-0.05, 0) is 44.9 Å². The van der Waals surface area contributed by atoms with Crippen LogP contribution in [0.4, 0.5) is 10.5 Å². The average molecular weight is 372 g/mol. The Morgan fingerprint density at radius 2 is 2.15 bits per heavy atom. The molecule has 1 aliphatic heterocycles. The molecule has 2 heterocycles. The first kappa shape index (κ1) is 17.0. The van der Waals surface area contributed by atoms with Crippen molar-refractivity contribution in [2.75, 3.05) is 5.32 Å². The van der Waals surface area contributed by atoms with Crippen LogP contribution in [0.1, 0.15) is 59.4 Å². The van der Waals surface area contributed by atoms with Gasteiger partial charge in [0.05, 0.1) is 18.5 Å². The number of ether oxygens (including phenoxy) is 1. The van der Waals surface area contributed by atoms with E-state index < -0.39 is 5.60 Å². The molecular weight excluding hydrogens is 352 g/mol. The molecule has 8 heteroatoms. The molecule has 2 N–H and O–H groups in total. The Bertz CT molecular complexity index is 873. The van der Waals surface area contributed by atoms with Crippen LogP contribution in [0.5, 0.6) is 5.75 Å². The van der Waals surface area contributed by atoms with Gasteiger partial charge in [-0.15, -0.1) is 10.2 Å². The zero-order chi connectivity index (χ0) is 18.3. The van der Waals surface area contributed by atoms with E-state index in [0.29, 0.717) is 35.9 Å². The predicted octanol–water partition coefficient (Wildman–Crippen LogP) is 3.48. The third kappa shape index (κ3) is 3.70. The van der Waals surface area contributed by atoms with Gasteiger partial charge in [-0.25, -0.2) is 4.79 Å². The number of hydrogen-bond acceptors (Lipinski definition) is 6. The minimum atomic E-state index is -0.503. The summed E-state index contributed by atoms with van der Waals surface area (Å²) in [6.45, 7) is 4.10. The monoisotopic (exact) mass is 372 g/mol. The van der Waals surface area contributed by atoms with Crippen LogP contribution in [-0.2, 0) is 6.54 Å². The van der Waals surface area contributed by atoms with Crippen LogP contribution in [0, 0.1) is 0 Å². The number of amides is 2. The Balaban J connectivity index is 1.37. The molecule has 0 saturated heterocycles. The van der Waals surface area contributed by atoms with Gasteiger partial charge in [-0.2, -0.15) is 0 Å². The summed E-state index contributed by atoms with van der Waals surface area (Å²) in [6, 6.07) is 4.75. The van der Waals surface area contributed by atoms with Crippen molar-refractivity contribution < 1.29 is 14.3 Å². The maximum Gasteiger partial charge on any atom is 0.319 e. The molecule has 4 rings (SSSR count). The molecule has 1 aromatic carbocycles. The van der Waals surface area contributed by atoms with Crippen LogP contribution >= 0.6 is 11.3 Å². The summed E-state index contributed by atoms with van der Waals surface area (Å²) in [4.78, 5) is 24.4. The lowest BCUT2D eigenvalue weighted by Gasteiger charge is -2.31. The summed E-state index contributed by atoms with van der Waals surface area (Å²) in [7, 11) is 0. The first-order valence-corrected chi connectivity index (χ1v) is 9.45. The third-order valence-corrected chi connectivity index (χ3v) is 5.41. The number of nitrogens with one attached hydrogen (secondary N) is 2. The van der Waals surface area contributed by atoms with Crippen molar-refractivity contribution in [1.29, 1.82) is 0 Å². The van der Waals surface area contributed by atoms with Crippen molar-refractivity contribution in [3.8, 4) is 5.75 Å². The van der Waals surface area contributed by atoms with Crippen LogP contribution in [-0.4, -0.2) is 27.6 Å². The maximum absolute atomic E-state index is 12.3. The molecule has 1 saturated carbocycles. The van der Waals surface area contributed by atoms with Crippen molar-refractivity contribution in [3.63, 3.8) is 0 Å². The van der Waals surface area contributed by atoms with Crippen LogP contribution in [0.25, 0.3) is 0 Å². The molecule has 0 spiro atoms. The van der Waals surface area contributed by atoms with Gasteiger partial charge in [0.25, 0.3) is 0 Å². The normalized spacial score (nSPS) is 18.0. The van der Waals surface area contributed by atoms with Gasteiger partial charge in [-0.1, -0.05) is 11.3 Å². The first-order valence-electron chi connectivity index (χ1n) is 8.63. The molecule has 7 nitrogen and oxygen atoms in total. The van der Waals surface area contributed by atoms with Crippen LogP contribution in [0.3, 0.4) is 0 Å². The fourth-order valence-corrected chi connectivity index (χ4v) is 3.85. The number of ketones is 1. The fraction of sp³-hybridized carbons (Fsp3) is 0.444. The van der Waals surface area contributed by atoms with E-state index in [4.69, 9.17) is 4.74 Å². The van der Waals surface area contributed by atoms with Gasteiger partial charge in [0.2, 0.25) is 0 Å². The van der Waals surface area contributed by atoms with Gasteiger partial charge in [0.1, 0.15) is 21.4 Å². The number of benzene rings is 1. The summed E-state index contributed by atoms with van der Waals surface area (Å²) >= 11 is 1.54. The van der Waals surface area contributed by atoms with E-state index in [1.165, 1.54) is 12.8 Å². The largest absolute Gasteiger partial charge is 0.487 e. The number of fused-ring (bicyclic) bond motifs is 1. The number of Topliss-reactive ketones (excluding diaryl/α,β-unsaturated/α-hetero) is 1. The molecule has 2 aliphatic rings. The fourth-order valence-electron chi connectivity index (χ4n) is 2.89. The molecule has 0 atom stereocenters. The highest BCUT2D eigenvalue weighted by molar-refractivity contribution is 7.11.